The number of hydrogen-bond acceptors (Lipinski definition) is 2. The zero-order valence-corrected chi connectivity index (χ0v) is 10.4. The molecule has 4 nitrogen and oxygen atoms in total. The van der Waals surface area contributed by atoms with E-state index in [0.29, 0.717) is 13.0 Å². The highest BCUT2D eigenvalue weighted by Gasteiger charge is 2.29. The van der Waals surface area contributed by atoms with Gasteiger partial charge in [-0.15, -0.1) is 12.3 Å². The number of hydrogen-bond donors (Lipinski definition) is 0. The quantitative estimate of drug-likeness (QED) is 0.764. The number of carbonyl (C=O) groups excluding carboxylic acids is 1. The Bertz CT molecular complexity index is 622. The van der Waals surface area contributed by atoms with Crippen molar-refractivity contribution in [2.24, 2.45) is 5.92 Å². The van der Waals surface area contributed by atoms with Gasteiger partial charge >= 0.3 is 0 Å². The summed E-state index contributed by atoms with van der Waals surface area (Å²) in [5.41, 5.74) is 1.85. The summed E-state index contributed by atoms with van der Waals surface area (Å²) in [6.45, 7) is 0.608. The van der Waals surface area contributed by atoms with E-state index in [-0.39, 0.29) is 11.8 Å². The molecule has 94 valence electrons. The third-order valence-corrected chi connectivity index (χ3v) is 3.29. The molecule has 1 aromatic heterocycles. The molecule has 1 aliphatic rings. The largest absolute Gasteiger partial charge is 0.311 e. The van der Waals surface area contributed by atoms with Gasteiger partial charge in [0, 0.05) is 37.0 Å². The third-order valence-electron chi connectivity index (χ3n) is 3.29. The first-order valence-corrected chi connectivity index (χ1v) is 6.14. The lowest BCUT2D eigenvalue weighted by molar-refractivity contribution is -0.117. The monoisotopic (exact) mass is 251 g/mol. The molecule has 0 N–H and O–H groups in total. The second-order valence-corrected chi connectivity index (χ2v) is 4.54. The first-order valence-electron chi connectivity index (χ1n) is 6.14. The van der Waals surface area contributed by atoms with Gasteiger partial charge in [0.2, 0.25) is 5.91 Å². The van der Waals surface area contributed by atoms with Crippen molar-refractivity contribution < 1.29 is 4.79 Å². The molecule has 2 heterocycles. The maximum absolute atomic E-state index is 11.9. The minimum atomic E-state index is 0.0262. The minimum absolute atomic E-state index is 0.0262. The predicted octanol–water partition coefficient (Wildman–Crippen LogP) is 1.86. The first-order chi connectivity index (χ1) is 9.28. The van der Waals surface area contributed by atoms with Crippen LogP contribution in [0.4, 0.5) is 5.69 Å². The molecule has 1 aromatic carbocycles. The summed E-state index contributed by atoms with van der Waals surface area (Å²) in [5, 5.41) is 4.16. The first kappa shape index (κ1) is 11.5. The molecule has 19 heavy (non-hydrogen) atoms. The van der Waals surface area contributed by atoms with Crippen LogP contribution in [0.15, 0.2) is 42.7 Å². The molecular weight excluding hydrogens is 238 g/mol. The number of nitrogens with zero attached hydrogens (tertiary/aromatic N) is 3. The zero-order valence-electron chi connectivity index (χ0n) is 10.4. The molecule has 0 spiro atoms. The van der Waals surface area contributed by atoms with E-state index in [1.165, 1.54) is 0 Å². The van der Waals surface area contributed by atoms with Gasteiger partial charge < -0.3 is 4.90 Å². The van der Waals surface area contributed by atoms with Crippen molar-refractivity contribution in [1.29, 1.82) is 0 Å². The Morgan fingerprint density at radius 3 is 2.58 bits per heavy atom. The number of terminal acetylenes is 1. The Labute approximate surface area is 111 Å². The summed E-state index contributed by atoms with van der Waals surface area (Å²) in [5.74, 6) is 2.77. The number of carbonyl (C=O) groups is 1. The van der Waals surface area contributed by atoms with E-state index in [4.69, 9.17) is 6.42 Å². The zero-order chi connectivity index (χ0) is 13.2. The molecule has 2 aromatic rings. The van der Waals surface area contributed by atoms with Crippen LogP contribution >= 0.6 is 0 Å². The lowest BCUT2D eigenvalue weighted by Gasteiger charge is -2.16. The summed E-state index contributed by atoms with van der Waals surface area (Å²) in [7, 11) is 0. The highest BCUT2D eigenvalue weighted by molar-refractivity contribution is 5.96. The van der Waals surface area contributed by atoms with Crippen LogP contribution in [0.1, 0.15) is 6.42 Å². The van der Waals surface area contributed by atoms with Crippen LogP contribution in [0.25, 0.3) is 5.69 Å². The number of anilines is 1. The fraction of sp³-hybridized carbons (Fsp3) is 0.200. The van der Waals surface area contributed by atoms with Crippen LogP contribution in [0.5, 0.6) is 0 Å². The van der Waals surface area contributed by atoms with Gasteiger partial charge in [-0.3, -0.25) is 4.79 Å². The summed E-state index contributed by atoms with van der Waals surface area (Å²) in [6.07, 6.45) is 9.44. The van der Waals surface area contributed by atoms with Gasteiger partial charge in [0.15, 0.2) is 0 Å². The average molecular weight is 251 g/mol. The van der Waals surface area contributed by atoms with E-state index in [1.807, 2.05) is 36.5 Å². The Morgan fingerprint density at radius 2 is 2.00 bits per heavy atom. The van der Waals surface area contributed by atoms with Crippen LogP contribution in [-0.4, -0.2) is 22.2 Å². The van der Waals surface area contributed by atoms with E-state index in [0.717, 1.165) is 11.4 Å². The van der Waals surface area contributed by atoms with Gasteiger partial charge in [-0.25, -0.2) is 4.68 Å². The Hall–Kier alpha value is -2.54. The molecule has 1 saturated heterocycles. The maximum Gasteiger partial charge on any atom is 0.228 e. The van der Waals surface area contributed by atoms with Gasteiger partial charge in [-0.05, 0) is 30.3 Å². The molecule has 0 aliphatic carbocycles. The summed E-state index contributed by atoms with van der Waals surface area (Å²) >= 11 is 0. The van der Waals surface area contributed by atoms with Crippen molar-refractivity contribution in [2.45, 2.75) is 6.42 Å². The molecule has 4 heteroatoms. The summed E-state index contributed by atoms with van der Waals surface area (Å²) in [4.78, 5) is 13.6. The van der Waals surface area contributed by atoms with E-state index in [9.17, 15) is 4.79 Å². The van der Waals surface area contributed by atoms with E-state index in [1.54, 1.807) is 15.8 Å². The van der Waals surface area contributed by atoms with E-state index < -0.39 is 0 Å². The number of amides is 1. The number of rotatable bonds is 2. The molecular formula is C15H13N3O. The Kier molecular flexibility index (Phi) is 2.81. The van der Waals surface area contributed by atoms with Crippen molar-refractivity contribution in [3.05, 3.63) is 42.7 Å². The molecule has 1 aliphatic heterocycles. The van der Waals surface area contributed by atoms with E-state index >= 15 is 0 Å². The molecule has 0 radical (unpaired) electrons. The van der Waals surface area contributed by atoms with Crippen LogP contribution in [0, 0.1) is 18.3 Å². The normalized spacial score (nSPS) is 18.6. The average Bonchev–Trinajstić information content (AvgIpc) is 3.08. The number of aromatic nitrogens is 2. The molecule has 1 atom stereocenters. The SMILES string of the molecule is C#CC1CC(=O)N(c2ccc(-n3cccn3)cc2)C1. The van der Waals surface area contributed by atoms with Crippen LogP contribution in [0.2, 0.25) is 0 Å². The smallest absolute Gasteiger partial charge is 0.228 e. The minimum Gasteiger partial charge on any atom is -0.311 e. The second-order valence-electron chi connectivity index (χ2n) is 4.54. The Balaban J connectivity index is 1.84. The fourth-order valence-corrected chi connectivity index (χ4v) is 2.28. The van der Waals surface area contributed by atoms with Crippen molar-refractivity contribution >= 4 is 11.6 Å². The van der Waals surface area contributed by atoms with Crippen LogP contribution < -0.4 is 4.90 Å². The van der Waals surface area contributed by atoms with Gasteiger partial charge in [-0.2, -0.15) is 5.10 Å². The lowest BCUT2D eigenvalue weighted by Crippen LogP contribution is -2.24. The summed E-state index contributed by atoms with van der Waals surface area (Å²) < 4.78 is 1.78. The molecule has 0 bridgehead atoms. The van der Waals surface area contributed by atoms with Crippen molar-refractivity contribution in [2.75, 3.05) is 11.4 Å². The standard InChI is InChI=1S/C15H13N3O/c1-2-12-10-15(19)17(11-12)13-4-6-14(7-5-13)18-9-3-8-16-18/h1,3-9,12H,10-11H2. The fourth-order valence-electron chi connectivity index (χ4n) is 2.28. The topological polar surface area (TPSA) is 38.1 Å². The van der Waals surface area contributed by atoms with Gasteiger partial charge in [-0.1, -0.05) is 0 Å². The van der Waals surface area contributed by atoms with Crippen molar-refractivity contribution in [3.8, 4) is 18.0 Å². The van der Waals surface area contributed by atoms with Gasteiger partial charge in [0.25, 0.3) is 0 Å². The summed E-state index contributed by atoms with van der Waals surface area (Å²) in [6, 6.07) is 9.61. The number of benzene rings is 1. The van der Waals surface area contributed by atoms with Crippen molar-refractivity contribution in [1.82, 2.24) is 9.78 Å². The molecule has 1 unspecified atom stereocenters. The maximum atomic E-state index is 11.9. The Morgan fingerprint density at radius 1 is 1.26 bits per heavy atom. The molecule has 3 rings (SSSR count). The van der Waals surface area contributed by atoms with Crippen LogP contribution in [-0.2, 0) is 4.79 Å². The molecule has 1 fully saturated rings. The molecule has 1 amide bonds. The van der Waals surface area contributed by atoms with Crippen molar-refractivity contribution in [3.63, 3.8) is 0 Å². The predicted molar refractivity (Wildman–Crippen MR) is 72.9 cm³/mol. The van der Waals surface area contributed by atoms with Gasteiger partial charge in [0.1, 0.15) is 0 Å². The molecule has 0 saturated carbocycles. The second kappa shape index (κ2) is 4.62. The van der Waals surface area contributed by atoms with Crippen LogP contribution in [0.3, 0.4) is 0 Å². The lowest BCUT2D eigenvalue weighted by atomic mass is 10.1. The third kappa shape index (κ3) is 2.11. The highest BCUT2D eigenvalue weighted by atomic mass is 16.2. The van der Waals surface area contributed by atoms with Gasteiger partial charge in [0.05, 0.1) is 5.69 Å². The highest BCUT2D eigenvalue weighted by Crippen LogP contribution is 2.25. The van der Waals surface area contributed by atoms with E-state index in [2.05, 4.69) is 11.0 Å².